The first-order valence-electron chi connectivity index (χ1n) is 23.7. The lowest BCUT2D eigenvalue weighted by atomic mass is 9.86. The minimum atomic E-state index is -0.296. The highest BCUT2D eigenvalue weighted by Gasteiger charge is 2.33. The SMILES string of the molecule is C1=CCCC(C2=NC(c3ccccc3-c3ccccc3)NC(c3cc(C4=NC(c5ccccc5)NC(C5=CCCC=C5c5ccccc5)N4)cc(C4C=Cc5c(sc6ccccc56)C4)c3)N2)=C1. The molecule has 4 N–H and O–H groups in total. The molecule has 2 aliphatic heterocycles. The molecule has 0 bridgehead atoms. The first kappa shape index (κ1) is 41.3. The Kier molecular flexibility index (Phi) is 11.2. The summed E-state index contributed by atoms with van der Waals surface area (Å²) in [5.74, 6) is 1.98. The van der Waals surface area contributed by atoms with Crippen LogP contribution in [-0.2, 0) is 6.42 Å². The summed E-state index contributed by atoms with van der Waals surface area (Å²) in [6, 6.07) is 56.8. The fourth-order valence-corrected chi connectivity index (χ4v) is 11.6. The maximum atomic E-state index is 5.55. The van der Waals surface area contributed by atoms with Crippen LogP contribution in [0.3, 0.4) is 0 Å². The summed E-state index contributed by atoms with van der Waals surface area (Å²) in [6.07, 6.45) is 20.1. The summed E-state index contributed by atoms with van der Waals surface area (Å²) in [7, 11) is 0. The molecule has 3 heterocycles. The van der Waals surface area contributed by atoms with Crippen LogP contribution in [0.4, 0.5) is 0 Å². The third-order valence-electron chi connectivity index (χ3n) is 13.7. The van der Waals surface area contributed by atoms with Gasteiger partial charge in [0.25, 0.3) is 0 Å². The van der Waals surface area contributed by atoms with Crippen molar-refractivity contribution in [1.29, 1.82) is 0 Å². The van der Waals surface area contributed by atoms with Crippen molar-refractivity contribution in [2.24, 2.45) is 9.98 Å². The first-order valence-corrected chi connectivity index (χ1v) is 24.6. The number of hydrogen-bond acceptors (Lipinski definition) is 7. The van der Waals surface area contributed by atoms with Crippen LogP contribution in [0.1, 0.15) is 93.9 Å². The zero-order chi connectivity index (χ0) is 44.5. The maximum Gasteiger partial charge on any atom is 0.131 e. The Labute approximate surface area is 397 Å². The Hall–Kier alpha value is -7.16. The Balaban J connectivity index is 0.987. The molecule has 7 aromatic rings. The number of aliphatic imine (C=N–C) groups is 2. The zero-order valence-corrected chi connectivity index (χ0v) is 38.1. The van der Waals surface area contributed by atoms with E-state index in [1.165, 1.54) is 59.5 Å². The molecule has 5 aliphatic rings. The van der Waals surface area contributed by atoms with Crippen molar-refractivity contribution in [2.45, 2.75) is 62.7 Å². The van der Waals surface area contributed by atoms with Gasteiger partial charge in [0.15, 0.2) is 0 Å². The second-order valence-corrected chi connectivity index (χ2v) is 19.1. The van der Waals surface area contributed by atoms with E-state index in [4.69, 9.17) is 9.98 Å². The Morgan fingerprint density at radius 2 is 1.27 bits per heavy atom. The average molecular weight is 889 g/mol. The lowest BCUT2D eigenvalue weighted by molar-refractivity contribution is 0.408. The van der Waals surface area contributed by atoms with Gasteiger partial charge >= 0.3 is 0 Å². The van der Waals surface area contributed by atoms with E-state index in [0.717, 1.165) is 66.0 Å². The number of amidine groups is 2. The smallest absolute Gasteiger partial charge is 0.131 e. The molecule has 0 fully saturated rings. The van der Waals surface area contributed by atoms with Gasteiger partial charge in [0.05, 0.1) is 0 Å². The second-order valence-electron chi connectivity index (χ2n) is 18.0. The van der Waals surface area contributed by atoms with E-state index in [1.54, 1.807) is 0 Å². The van der Waals surface area contributed by atoms with E-state index in [-0.39, 0.29) is 30.6 Å². The van der Waals surface area contributed by atoms with Crippen LogP contribution in [0.15, 0.2) is 215 Å². The van der Waals surface area contributed by atoms with Crippen LogP contribution in [0.5, 0.6) is 0 Å². The van der Waals surface area contributed by atoms with Crippen LogP contribution in [0.25, 0.3) is 32.9 Å². The highest BCUT2D eigenvalue weighted by molar-refractivity contribution is 7.19. The monoisotopic (exact) mass is 888 g/mol. The largest absolute Gasteiger partial charge is 0.351 e. The number of nitrogens with zero attached hydrogens (tertiary/aromatic N) is 2. The van der Waals surface area contributed by atoms with Crippen LogP contribution in [-0.4, -0.2) is 17.8 Å². The van der Waals surface area contributed by atoms with Crippen LogP contribution < -0.4 is 21.3 Å². The molecular weight excluding hydrogens is 837 g/mol. The van der Waals surface area contributed by atoms with Gasteiger partial charge in [-0.25, -0.2) is 9.98 Å². The molecule has 67 heavy (non-hydrogen) atoms. The quantitative estimate of drug-likeness (QED) is 0.117. The summed E-state index contributed by atoms with van der Waals surface area (Å²) < 4.78 is 1.34. The molecule has 5 unspecified atom stereocenters. The molecule has 6 aromatic carbocycles. The third kappa shape index (κ3) is 8.36. The molecule has 7 heteroatoms. The van der Waals surface area contributed by atoms with Gasteiger partial charge in [-0.3, -0.25) is 10.6 Å². The lowest BCUT2D eigenvalue weighted by Crippen LogP contribution is -2.52. The maximum absolute atomic E-state index is 5.55. The number of fused-ring (bicyclic) bond motifs is 3. The van der Waals surface area contributed by atoms with Crippen molar-refractivity contribution < 1.29 is 0 Å². The van der Waals surface area contributed by atoms with Gasteiger partial charge in [0.1, 0.15) is 36.3 Å². The molecule has 328 valence electrons. The summed E-state index contributed by atoms with van der Waals surface area (Å²) in [6.45, 7) is 0. The van der Waals surface area contributed by atoms with Gasteiger partial charge in [0.2, 0.25) is 0 Å². The number of benzene rings is 6. The van der Waals surface area contributed by atoms with Crippen LogP contribution >= 0.6 is 11.3 Å². The van der Waals surface area contributed by atoms with Crippen molar-refractivity contribution in [2.75, 3.05) is 0 Å². The zero-order valence-electron chi connectivity index (χ0n) is 37.3. The van der Waals surface area contributed by atoms with Crippen molar-refractivity contribution in [3.63, 3.8) is 0 Å². The number of hydrogen-bond donors (Lipinski definition) is 4. The molecule has 6 nitrogen and oxygen atoms in total. The molecule has 12 rings (SSSR count). The van der Waals surface area contributed by atoms with Crippen molar-refractivity contribution in [3.05, 3.63) is 249 Å². The van der Waals surface area contributed by atoms with Gasteiger partial charge in [-0.05, 0) is 117 Å². The molecule has 5 atom stereocenters. The van der Waals surface area contributed by atoms with Crippen molar-refractivity contribution in [3.8, 4) is 11.1 Å². The number of rotatable bonds is 9. The van der Waals surface area contributed by atoms with Crippen LogP contribution in [0.2, 0.25) is 0 Å². The van der Waals surface area contributed by atoms with Crippen LogP contribution in [0, 0.1) is 0 Å². The van der Waals surface area contributed by atoms with E-state index < -0.39 is 0 Å². The Morgan fingerprint density at radius 1 is 0.567 bits per heavy atom. The summed E-state index contributed by atoms with van der Waals surface area (Å²) in [4.78, 5) is 12.5. The molecule has 0 spiro atoms. The lowest BCUT2D eigenvalue weighted by Gasteiger charge is -2.36. The minimum Gasteiger partial charge on any atom is -0.351 e. The average Bonchev–Trinajstić information content (AvgIpc) is 3.79. The second kappa shape index (κ2) is 18.3. The van der Waals surface area contributed by atoms with Crippen molar-refractivity contribution >= 4 is 44.7 Å². The minimum absolute atomic E-state index is 0.175. The van der Waals surface area contributed by atoms with E-state index in [0.29, 0.717) is 0 Å². The fourth-order valence-electron chi connectivity index (χ4n) is 10.4. The summed E-state index contributed by atoms with van der Waals surface area (Å²) in [5, 5.41) is 17.2. The van der Waals surface area contributed by atoms with E-state index >= 15 is 0 Å². The van der Waals surface area contributed by atoms with E-state index in [1.807, 2.05) is 11.3 Å². The molecule has 0 radical (unpaired) electrons. The topological polar surface area (TPSA) is 72.8 Å². The third-order valence-corrected chi connectivity index (χ3v) is 14.9. The first-order chi connectivity index (χ1) is 33.2. The highest BCUT2D eigenvalue weighted by atomic mass is 32.1. The van der Waals surface area contributed by atoms with E-state index in [9.17, 15) is 0 Å². The Morgan fingerprint density at radius 3 is 2.10 bits per heavy atom. The van der Waals surface area contributed by atoms with Crippen molar-refractivity contribution in [1.82, 2.24) is 21.3 Å². The van der Waals surface area contributed by atoms with Gasteiger partial charge in [-0.15, -0.1) is 11.3 Å². The normalized spacial score (nSPS) is 22.3. The van der Waals surface area contributed by atoms with Gasteiger partial charge in [0, 0.05) is 21.1 Å². The number of thiophene rings is 1. The van der Waals surface area contributed by atoms with Gasteiger partial charge < -0.3 is 10.6 Å². The predicted octanol–water partition coefficient (Wildman–Crippen LogP) is 13.3. The predicted molar refractivity (Wildman–Crippen MR) is 279 cm³/mol. The van der Waals surface area contributed by atoms with Gasteiger partial charge in [-0.1, -0.05) is 182 Å². The molecule has 3 aliphatic carbocycles. The summed E-state index contributed by atoms with van der Waals surface area (Å²) >= 11 is 1.93. The summed E-state index contributed by atoms with van der Waals surface area (Å²) in [5.41, 5.74) is 14.4. The molecular formula is C60H52N6S. The Bertz CT molecular complexity index is 3190. The highest BCUT2D eigenvalue weighted by Crippen LogP contribution is 2.42. The molecule has 0 amide bonds. The molecule has 0 saturated heterocycles. The molecule has 0 saturated carbocycles. The van der Waals surface area contributed by atoms with E-state index in [2.05, 4.69) is 222 Å². The fraction of sp³-hybridized carbons (Fsp3) is 0.167. The number of nitrogens with one attached hydrogen (secondary N) is 4. The number of allylic oxidation sites excluding steroid dienone is 6. The van der Waals surface area contributed by atoms with Gasteiger partial charge in [-0.2, -0.15) is 0 Å². The standard InChI is InChI=1S/C60H52N6S/c1-5-19-39(20-6-1)47-27-13-15-30-51(47)59-63-55(41-23-9-3-10-24-41)61-57(65-59)45-35-44(43-33-34-50-49-29-17-18-32-53(49)67-54(50)38-43)36-46(37-45)58-62-56(42-25-11-4-12-26-42)64-60(66-58)52-31-16-14-28-48(52)40-21-7-2-8-22-40/h1-11,14,16-25,27-37,43,55,58-60,63,66H,12-13,15,26,38H2,(H,62,64)(H,61,65). The molecule has 1 aromatic heterocycles.